The van der Waals surface area contributed by atoms with E-state index in [4.69, 9.17) is 4.74 Å². The van der Waals surface area contributed by atoms with Gasteiger partial charge in [0.2, 0.25) is 0 Å². The van der Waals surface area contributed by atoms with Crippen molar-refractivity contribution in [3.05, 3.63) is 46.7 Å². The Morgan fingerprint density at radius 2 is 1.96 bits per heavy atom. The second kappa shape index (κ2) is 6.16. The molecule has 7 heteroatoms. The second-order valence-corrected chi connectivity index (χ2v) is 5.81. The fraction of sp³-hybridized carbons (Fsp3) is 0.188. The lowest BCUT2D eigenvalue weighted by Gasteiger charge is -2.14. The van der Waals surface area contributed by atoms with E-state index in [1.165, 1.54) is 7.11 Å². The number of alkyl halides is 2. The molecule has 2 aromatic heterocycles. The predicted octanol–water partition coefficient (Wildman–Crippen LogP) is 4.68. The van der Waals surface area contributed by atoms with E-state index in [1.54, 1.807) is 25.3 Å². The minimum atomic E-state index is -2.90. The average molecular weight is 383 g/mol. The van der Waals surface area contributed by atoms with Gasteiger partial charge in [-0.3, -0.25) is 4.40 Å². The van der Waals surface area contributed by atoms with Crippen molar-refractivity contribution in [1.29, 1.82) is 0 Å². The monoisotopic (exact) mass is 382 g/mol. The first-order chi connectivity index (χ1) is 11.0. The first-order valence-electron chi connectivity index (χ1n) is 6.76. The Hall–Kier alpha value is -2.15. The molecule has 3 rings (SSSR count). The number of benzene rings is 1. The molecule has 0 aliphatic heterocycles. The number of nitrogens with zero attached hydrogens (tertiary/aromatic N) is 2. The molecule has 0 fully saturated rings. The maximum atomic E-state index is 12.6. The maximum absolute atomic E-state index is 12.6. The van der Waals surface area contributed by atoms with E-state index in [-0.39, 0.29) is 5.75 Å². The van der Waals surface area contributed by atoms with Crippen LogP contribution in [0.15, 0.2) is 41.1 Å². The van der Waals surface area contributed by atoms with Crippen molar-refractivity contribution < 1.29 is 18.3 Å². The van der Waals surface area contributed by atoms with Crippen LogP contribution in [0, 0.1) is 6.92 Å². The summed E-state index contributed by atoms with van der Waals surface area (Å²) in [7, 11) is 1.49. The van der Waals surface area contributed by atoms with Crippen LogP contribution in [0.1, 0.15) is 5.56 Å². The number of hydrogen-bond acceptors (Lipinski definition) is 3. The Bertz CT molecular complexity index is 865. The van der Waals surface area contributed by atoms with Crippen LogP contribution >= 0.6 is 15.9 Å². The first kappa shape index (κ1) is 15.7. The molecule has 120 valence electrons. The molecule has 0 spiro atoms. The SMILES string of the molecule is COc1cc(-c2cnc3cc(Br)ccn23)cc(OC(F)F)c1C. The van der Waals surface area contributed by atoms with Gasteiger partial charge in [0.25, 0.3) is 0 Å². The third-order valence-electron chi connectivity index (χ3n) is 3.52. The lowest BCUT2D eigenvalue weighted by Crippen LogP contribution is -2.04. The van der Waals surface area contributed by atoms with Crippen LogP contribution < -0.4 is 9.47 Å². The first-order valence-corrected chi connectivity index (χ1v) is 7.55. The maximum Gasteiger partial charge on any atom is 0.387 e. The molecule has 0 saturated carbocycles. The van der Waals surface area contributed by atoms with Crippen LogP contribution in [0.5, 0.6) is 11.5 Å². The Kier molecular flexibility index (Phi) is 4.21. The second-order valence-electron chi connectivity index (χ2n) is 4.90. The van der Waals surface area contributed by atoms with E-state index in [2.05, 4.69) is 25.7 Å². The predicted molar refractivity (Wildman–Crippen MR) is 86.2 cm³/mol. The summed E-state index contributed by atoms with van der Waals surface area (Å²) in [6.07, 6.45) is 3.53. The Labute approximate surface area is 139 Å². The molecule has 4 nitrogen and oxygen atoms in total. The van der Waals surface area contributed by atoms with Crippen LogP contribution in [0.3, 0.4) is 0 Å². The molecular formula is C16H13BrF2N2O2. The van der Waals surface area contributed by atoms with Crippen molar-refractivity contribution in [1.82, 2.24) is 9.38 Å². The molecule has 0 radical (unpaired) electrons. The summed E-state index contributed by atoms with van der Waals surface area (Å²) >= 11 is 3.39. The number of aromatic nitrogens is 2. The third kappa shape index (κ3) is 3.01. The highest BCUT2D eigenvalue weighted by Gasteiger charge is 2.16. The molecule has 0 aliphatic carbocycles. The van der Waals surface area contributed by atoms with Gasteiger partial charge in [-0.25, -0.2) is 4.98 Å². The molecule has 23 heavy (non-hydrogen) atoms. The van der Waals surface area contributed by atoms with Gasteiger partial charge in [-0.15, -0.1) is 0 Å². The molecule has 0 aliphatic rings. The lowest BCUT2D eigenvalue weighted by molar-refractivity contribution is -0.0503. The molecule has 0 bridgehead atoms. The van der Waals surface area contributed by atoms with Gasteiger partial charge in [0.15, 0.2) is 0 Å². The topological polar surface area (TPSA) is 35.8 Å². The van der Waals surface area contributed by atoms with Gasteiger partial charge in [-0.1, -0.05) is 15.9 Å². The van der Waals surface area contributed by atoms with Crippen LogP contribution in [0.25, 0.3) is 16.9 Å². The van der Waals surface area contributed by atoms with E-state index in [0.29, 0.717) is 16.9 Å². The van der Waals surface area contributed by atoms with E-state index in [9.17, 15) is 8.78 Å². The Morgan fingerprint density at radius 1 is 1.22 bits per heavy atom. The van der Waals surface area contributed by atoms with Gasteiger partial charge < -0.3 is 9.47 Å². The van der Waals surface area contributed by atoms with Gasteiger partial charge in [-0.05, 0) is 31.2 Å². The normalized spacial score (nSPS) is 11.2. The van der Waals surface area contributed by atoms with E-state index in [1.807, 2.05) is 22.7 Å². The van der Waals surface area contributed by atoms with Crippen molar-refractivity contribution >= 4 is 21.6 Å². The highest BCUT2D eigenvalue weighted by atomic mass is 79.9. The average Bonchev–Trinajstić information content (AvgIpc) is 2.91. The van der Waals surface area contributed by atoms with Crippen LogP contribution in [-0.4, -0.2) is 23.1 Å². The fourth-order valence-electron chi connectivity index (χ4n) is 2.41. The quantitative estimate of drug-likeness (QED) is 0.656. The molecule has 0 N–H and O–H groups in total. The minimum absolute atomic E-state index is 0.0846. The van der Waals surface area contributed by atoms with E-state index < -0.39 is 6.61 Å². The summed E-state index contributed by atoms with van der Waals surface area (Å²) in [5.74, 6) is 0.562. The van der Waals surface area contributed by atoms with Crippen LogP contribution in [-0.2, 0) is 0 Å². The summed E-state index contributed by atoms with van der Waals surface area (Å²) in [4.78, 5) is 4.33. The number of fused-ring (bicyclic) bond motifs is 1. The molecule has 0 atom stereocenters. The number of ether oxygens (including phenoxy) is 2. The Morgan fingerprint density at radius 3 is 2.65 bits per heavy atom. The van der Waals surface area contributed by atoms with Gasteiger partial charge in [0, 0.05) is 21.8 Å². The smallest absolute Gasteiger partial charge is 0.387 e. The van der Waals surface area contributed by atoms with Crippen LogP contribution in [0.4, 0.5) is 8.78 Å². The number of imidazole rings is 1. The standard InChI is InChI=1S/C16H13BrF2N2O2/c1-9-13(22-2)5-10(6-14(9)23-16(18)19)12-8-20-15-7-11(17)3-4-21(12)15/h3-8,16H,1-2H3. The summed E-state index contributed by atoms with van der Waals surface area (Å²) < 4.78 is 37.9. The summed E-state index contributed by atoms with van der Waals surface area (Å²) in [6.45, 7) is -1.22. The molecule has 0 amide bonds. The summed E-state index contributed by atoms with van der Waals surface area (Å²) in [5, 5.41) is 0. The molecule has 0 unspecified atom stereocenters. The van der Waals surface area contributed by atoms with Crippen molar-refractivity contribution in [2.24, 2.45) is 0 Å². The molecule has 2 heterocycles. The van der Waals surface area contributed by atoms with Gasteiger partial charge in [-0.2, -0.15) is 8.78 Å². The van der Waals surface area contributed by atoms with Gasteiger partial charge in [0.05, 0.1) is 19.0 Å². The van der Waals surface area contributed by atoms with E-state index in [0.717, 1.165) is 15.8 Å². The number of hydrogen-bond donors (Lipinski definition) is 0. The fourth-order valence-corrected chi connectivity index (χ4v) is 2.73. The summed E-state index contributed by atoms with van der Waals surface area (Å²) in [6, 6.07) is 7.08. The zero-order chi connectivity index (χ0) is 16.6. The molecular weight excluding hydrogens is 370 g/mol. The molecule has 3 aromatic rings. The number of pyridine rings is 1. The highest BCUT2D eigenvalue weighted by molar-refractivity contribution is 9.10. The zero-order valence-electron chi connectivity index (χ0n) is 12.4. The van der Waals surface area contributed by atoms with Crippen molar-refractivity contribution in [3.63, 3.8) is 0 Å². The summed E-state index contributed by atoms with van der Waals surface area (Å²) in [5.41, 5.74) is 2.70. The number of methoxy groups -OCH3 is 1. The number of rotatable bonds is 4. The largest absolute Gasteiger partial charge is 0.496 e. The third-order valence-corrected chi connectivity index (χ3v) is 4.01. The van der Waals surface area contributed by atoms with Crippen molar-refractivity contribution in [3.8, 4) is 22.8 Å². The van der Waals surface area contributed by atoms with Crippen molar-refractivity contribution in [2.75, 3.05) is 7.11 Å². The number of halogens is 3. The van der Waals surface area contributed by atoms with Crippen molar-refractivity contribution in [2.45, 2.75) is 13.5 Å². The lowest BCUT2D eigenvalue weighted by atomic mass is 10.1. The van der Waals surface area contributed by atoms with Gasteiger partial charge >= 0.3 is 6.61 Å². The minimum Gasteiger partial charge on any atom is -0.496 e. The molecule has 1 aromatic carbocycles. The Balaban J connectivity index is 2.17. The molecule has 0 saturated heterocycles. The van der Waals surface area contributed by atoms with Crippen LogP contribution in [0.2, 0.25) is 0 Å². The zero-order valence-corrected chi connectivity index (χ0v) is 14.0. The highest BCUT2D eigenvalue weighted by Crippen LogP contribution is 2.35. The van der Waals surface area contributed by atoms with E-state index >= 15 is 0 Å². The van der Waals surface area contributed by atoms with Gasteiger partial charge in [0.1, 0.15) is 17.1 Å².